The Labute approximate surface area is 333 Å². The van der Waals surface area contributed by atoms with Crippen LogP contribution in [0.4, 0.5) is 17.1 Å². The summed E-state index contributed by atoms with van der Waals surface area (Å²) in [6, 6.07) is 52.4. The molecular weight excluding hydrogens is 679 g/mol. The predicted octanol–water partition coefficient (Wildman–Crippen LogP) is 14.7. The van der Waals surface area contributed by atoms with E-state index in [-0.39, 0.29) is 16.2 Å². The molecule has 6 aromatic carbocycles. The van der Waals surface area contributed by atoms with Crippen molar-refractivity contribution >= 4 is 17.1 Å². The molecule has 2 nitrogen and oxygen atoms in total. The number of hydrogen-bond acceptors (Lipinski definition) is 2. The first-order chi connectivity index (χ1) is 27.2. The molecule has 4 fully saturated rings. The number of para-hydroxylation sites is 1. The van der Waals surface area contributed by atoms with Gasteiger partial charge in [-0.1, -0.05) is 125 Å². The molecule has 1 aliphatic heterocycles. The van der Waals surface area contributed by atoms with Gasteiger partial charge in [-0.3, -0.25) is 0 Å². The van der Waals surface area contributed by atoms with Gasteiger partial charge in [-0.15, -0.1) is 0 Å². The van der Waals surface area contributed by atoms with E-state index in [4.69, 9.17) is 4.74 Å². The molecule has 0 radical (unpaired) electrons. The largest absolute Gasteiger partial charge is 0.457 e. The molecule has 0 unspecified atom stereocenters. The van der Waals surface area contributed by atoms with Gasteiger partial charge in [0.2, 0.25) is 0 Å². The highest BCUT2D eigenvalue weighted by atomic mass is 16.5. The first kappa shape index (κ1) is 34.2. The van der Waals surface area contributed by atoms with Crippen molar-refractivity contribution in [1.29, 1.82) is 0 Å². The average Bonchev–Trinajstić information content (AvgIpc) is 3.21. The standard InChI is InChI=1S/C54H53NO/c1-52(2)27-28-53(3,4)51-45(13-10-15-48(51)52)39-19-23-43(24-20-39)55(42-21-17-38(18-22-42)37-11-6-5-7-12-37)44-25-26-47-50(34-44)56-49-16-9-8-14-46(49)54(47)40-30-35-29-36(32-40)33-41(54)31-35/h5-26,34-36,40-41H,27-33H2,1-4H3. The minimum Gasteiger partial charge on any atom is -0.457 e. The molecule has 0 N–H and O–H groups in total. The first-order valence-electron chi connectivity index (χ1n) is 21.3. The van der Waals surface area contributed by atoms with Crippen molar-refractivity contribution in [2.75, 3.05) is 4.90 Å². The van der Waals surface area contributed by atoms with E-state index < -0.39 is 0 Å². The normalized spacial score (nSPS) is 25.9. The summed E-state index contributed by atoms with van der Waals surface area (Å²) in [5.74, 6) is 5.26. The SMILES string of the molecule is CC1(C)CCC(C)(C)c2c(-c3ccc(N(c4ccc(-c5ccccc5)cc4)c4ccc5c(c4)Oc4ccccc4C54C5CC6CC(C5)CC4C6)cc3)cccc21. The molecular formula is C54H53NO. The van der Waals surface area contributed by atoms with Crippen LogP contribution in [-0.2, 0) is 16.2 Å². The van der Waals surface area contributed by atoms with Crippen molar-refractivity contribution in [3.8, 4) is 33.8 Å². The lowest BCUT2D eigenvalue weighted by molar-refractivity contribution is -0.0452. The second kappa shape index (κ2) is 12.5. The summed E-state index contributed by atoms with van der Waals surface area (Å²) in [5, 5.41) is 0. The lowest BCUT2D eigenvalue weighted by Crippen LogP contribution is -2.56. The average molecular weight is 732 g/mol. The van der Waals surface area contributed by atoms with E-state index in [1.807, 2.05) is 0 Å². The van der Waals surface area contributed by atoms with E-state index in [0.717, 1.165) is 40.4 Å². The van der Waals surface area contributed by atoms with Crippen LogP contribution < -0.4 is 9.64 Å². The van der Waals surface area contributed by atoms with Crippen LogP contribution in [0.25, 0.3) is 22.3 Å². The quantitative estimate of drug-likeness (QED) is 0.175. The van der Waals surface area contributed by atoms with Crippen molar-refractivity contribution in [3.63, 3.8) is 0 Å². The fourth-order valence-corrected chi connectivity index (χ4v) is 12.7. The summed E-state index contributed by atoms with van der Waals surface area (Å²) in [4.78, 5) is 2.43. The van der Waals surface area contributed by atoms with E-state index in [0.29, 0.717) is 11.8 Å². The zero-order chi connectivity index (χ0) is 37.8. The number of anilines is 3. The van der Waals surface area contributed by atoms with E-state index in [1.165, 1.54) is 89.5 Å². The number of ether oxygens (including phenoxy) is 1. The molecule has 280 valence electrons. The maximum absolute atomic E-state index is 6.99. The Morgan fingerprint density at radius 1 is 0.464 bits per heavy atom. The van der Waals surface area contributed by atoms with Crippen LogP contribution in [0.2, 0.25) is 0 Å². The van der Waals surface area contributed by atoms with Gasteiger partial charge in [-0.25, -0.2) is 0 Å². The fraction of sp³-hybridized carbons (Fsp3) is 0.333. The van der Waals surface area contributed by atoms with E-state index in [9.17, 15) is 0 Å². The van der Waals surface area contributed by atoms with Gasteiger partial charge >= 0.3 is 0 Å². The summed E-state index contributed by atoms with van der Waals surface area (Å²) in [6.07, 6.45) is 9.28. The molecule has 2 heteroatoms. The molecule has 12 rings (SSSR count). The van der Waals surface area contributed by atoms with Gasteiger partial charge < -0.3 is 9.64 Å². The molecule has 0 saturated heterocycles. The summed E-state index contributed by atoms with van der Waals surface area (Å²) in [5.41, 5.74) is 14.7. The van der Waals surface area contributed by atoms with Gasteiger partial charge in [0.05, 0.1) is 0 Å². The number of hydrogen-bond donors (Lipinski definition) is 0. The third-order valence-corrected chi connectivity index (χ3v) is 15.2. The molecule has 0 atom stereocenters. The van der Waals surface area contributed by atoms with Crippen LogP contribution in [-0.4, -0.2) is 0 Å². The van der Waals surface area contributed by atoms with E-state index in [2.05, 4.69) is 172 Å². The summed E-state index contributed by atoms with van der Waals surface area (Å²) in [6.45, 7) is 9.70. The van der Waals surface area contributed by atoms with Crippen molar-refractivity contribution in [2.45, 2.75) is 88.9 Å². The molecule has 0 aromatic heterocycles. The minimum absolute atomic E-state index is 0.0388. The highest BCUT2D eigenvalue weighted by Crippen LogP contribution is 2.69. The number of benzene rings is 6. The molecule has 56 heavy (non-hydrogen) atoms. The predicted molar refractivity (Wildman–Crippen MR) is 232 cm³/mol. The Hall–Kier alpha value is -5.08. The van der Waals surface area contributed by atoms with Crippen LogP contribution >= 0.6 is 0 Å². The Bertz CT molecular complexity index is 2430. The second-order valence-corrected chi connectivity index (χ2v) is 19.2. The van der Waals surface area contributed by atoms with Crippen molar-refractivity contribution in [3.05, 3.63) is 162 Å². The number of fused-ring (bicyclic) bond motifs is 3. The topological polar surface area (TPSA) is 12.5 Å². The van der Waals surface area contributed by atoms with Crippen LogP contribution in [0, 0.1) is 23.7 Å². The maximum atomic E-state index is 6.99. The molecule has 1 heterocycles. The van der Waals surface area contributed by atoms with Gasteiger partial charge in [-0.2, -0.15) is 0 Å². The third kappa shape index (κ3) is 5.13. The van der Waals surface area contributed by atoms with Crippen LogP contribution in [0.3, 0.4) is 0 Å². The smallest absolute Gasteiger partial charge is 0.133 e. The molecule has 6 aromatic rings. The Balaban J connectivity index is 1.04. The molecule has 4 saturated carbocycles. The summed E-state index contributed by atoms with van der Waals surface area (Å²) >= 11 is 0. The lowest BCUT2D eigenvalue weighted by Gasteiger charge is -2.63. The van der Waals surface area contributed by atoms with Gasteiger partial charge in [0.25, 0.3) is 0 Å². The van der Waals surface area contributed by atoms with Gasteiger partial charge in [0, 0.05) is 39.7 Å². The van der Waals surface area contributed by atoms with Crippen molar-refractivity contribution in [2.24, 2.45) is 23.7 Å². The summed E-state index contributed by atoms with van der Waals surface area (Å²) in [7, 11) is 0. The van der Waals surface area contributed by atoms with Crippen LogP contribution in [0.5, 0.6) is 11.5 Å². The Kier molecular flexibility index (Phi) is 7.61. The number of rotatable bonds is 5. The molecule has 1 spiro atoms. The third-order valence-electron chi connectivity index (χ3n) is 15.2. The monoisotopic (exact) mass is 731 g/mol. The minimum atomic E-state index is 0.0388. The summed E-state index contributed by atoms with van der Waals surface area (Å²) < 4.78 is 6.99. The molecule has 6 aliphatic rings. The van der Waals surface area contributed by atoms with E-state index >= 15 is 0 Å². The van der Waals surface area contributed by atoms with E-state index in [1.54, 1.807) is 0 Å². The van der Waals surface area contributed by atoms with Crippen LogP contribution in [0.1, 0.15) is 94.9 Å². The first-order valence-corrected chi connectivity index (χ1v) is 21.3. The Morgan fingerprint density at radius 2 is 1.02 bits per heavy atom. The van der Waals surface area contributed by atoms with Crippen molar-refractivity contribution in [1.82, 2.24) is 0 Å². The molecule has 0 amide bonds. The van der Waals surface area contributed by atoms with Gasteiger partial charge in [0.15, 0.2) is 0 Å². The van der Waals surface area contributed by atoms with Gasteiger partial charge in [-0.05, 0) is 149 Å². The fourth-order valence-electron chi connectivity index (χ4n) is 12.7. The van der Waals surface area contributed by atoms with Crippen LogP contribution in [0.15, 0.2) is 140 Å². The highest BCUT2D eigenvalue weighted by Gasteiger charge is 2.61. The molecule has 5 aliphatic carbocycles. The van der Waals surface area contributed by atoms with Gasteiger partial charge in [0.1, 0.15) is 11.5 Å². The van der Waals surface area contributed by atoms with Crippen molar-refractivity contribution < 1.29 is 4.74 Å². The second-order valence-electron chi connectivity index (χ2n) is 19.2. The number of nitrogens with zero attached hydrogens (tertiary/aromatic N) is 1. The molecule has 4 bridgehead atoms. The maximum Gasteiger partial charge on any atom is 0.133 e. The zero-order valence-corrected chi connectivity index (χ0v) is 33.4. The highest BCUT2D eigenvalue weighted by molar-refractivity contribution is 5.82. The lowest BCUT2D eigenvalue weighted by atomic mass is 9.42. The zero-order valence-electron chi connectivity index (χ0n) is 33.4. The Morgan fingerprint density at radius 3 is 1.71 bits per heavy atom.